The molecule has 7 nitrogen and oxygen atoms in total. The number of rotatable bonds is 6. The molecule has 1 rings (SSSR count). The minimum atomic E-state index is -3.14. The predicted octanol–water partition coefficient (Wildman–Crippen LogP) is 1.67. The molecular formula is C10H10F2N2O5. The van der Waals surface area contributed by atoms with E-state index in [0.717, 1.165) is 18.2 Å². The van der Waals surface area contributed by atoms with Crippen molar-refractivity contribution >= 4 is 11.7 Å². The maximum Gasteiger partial charge on any atom is 0.387 e. The molecule has 104 valence electrons. The van der Waals surface area contributed by atoms with Crippen LogP contribution in [-0.4, -0.2) is 22.6 Å². The fourth-order valence-corrected chi connectivity index (χ4v) is 1.44. The molecule has 0 unspecified atom stereocenters. The highest BCUT2D eigenvalue weighted by atomic mass is 19.3. The summed E-state index contributed by atoms with van der Waals surface area (Å²) in [6.07, 6.45) is -0.569. The van der Waals surface area contributed by atoms with Crippen molar-refractivity contribution in [3.05, 3.63) is 33.9 Å². The Kier molecular flexibility index (Phi) is 4.70. The number of benzene rings is 1. The number of carboxylic acid groups (broad SMARTS) is 1. The van der Waals surface area contributed by atoms with Crippen molar-refractivity contribution in [1.29, 1.82) is 0 Å². The Labute approximate surface area is 105 Å². The highest BCUT2D eigenvalue weighted by molar-refractivity contribution is 5.68. The molecule has 0 fully saturated rings. The number of alkyl halides is 2. The monoisotopic (exact) mass is 276 g/mol. The van der Waals surface area contributed by atoms with Gasteiger partial charge in [-0.3, -0.25) is 14.9 Å². The van der Waals surface area contributed by atoms with Gasteiger partial charge in [-0.1, -0.05) is 0 Å². The van der Waals surface area contributed by atoms with E-state index in [1.54, 1.807) is 0 Å². The zero-order valence-corrected chi connectivity index (χ0v) is 9.45. The number of halogens is 2. The number of non-ortho nitro benzene ring substituents is 1. The number of nitrogens with two attached hydrogens (primary N) is 1. The summed E-state index contributed by atoms with van der Waals surface area (Å²) in [5.41, 5.74) is 4.97. The van der Waals surface area contributed by atoms with Crippen LogP contribution in [0.4, 0.5) is 14.5 Å². The summed E-state index contributed by atoms with van der Waals surface area (Å²) in [6.45, 7) is -3.14. The van der Waals surface area contributed by atoms with Gasteiger partial charge in [-0.15, -0.1) is 0 Å². The van der Waals surface area contributed by atoms with Crippen LogP contribution in [0.15, 0.2) is 18.2 Å². The molecule has 0 aliphatic heterocycles. The van der Waals surface area contributed by atoms with Gasteiger partial charge in [0.1, 0.15) is 5.75 Å². The predicted molar refractivity (Wildman–Crippen MR) is 58.9 cm³/mol. The lowest BCUT2D eigenvalue weighted by atomic mass is 10.0. The number of nitrogens with zero attached hydrogens (tertiary/aromatic N) is 1. The van der Waals surface area contributed by atoms with Gasteiger partial charge >= 0.3 is 12.6 Å². The number of hydrogen-bond acceptors (Lipinski definition) is 5. The number of ether oxygens (including phenoxy) is 1. The number of carboxylic acids is 1. The van der Waals surface area contributed by atoms with E-state index in [4.69, 9.17) is 10.8 Å². The van der Waals surface area contributed by atoms with E-state index in [1.807, 2.05) is 0 Å². The number of aliphatic carboxylic acids is 1. The van der Waals surface area contributed by atoms with Gasteiger partial charge < -0.3 is 15.6 Å². The van der Waals surface area contributed by atoms with Crippen LogP contribution >= 0.6 is 0 Å². The quantitative estimate of drug-likeness (QED) is 0.603. The van der Waals surface area contributed by atoms with Crippen LogP contribution in [0, 0.1) is 10.1 Å². The minimum Gasteiger partial charge on any atom is -0.481 e. The zero-order valence-electron chi connectivity index (χ0n) is 9.45. The summed E-state index contributed by atoms with van der Waals surface area (Å²) in [4.78, 5) is 20.4. The Hall–Kier alpha value is -2.29. The van der Waals surface area contributed by atoms with Crippen LogP contribution in [0.25, 0.3) is 0 Å². The van der Waals surface area contributed by atoms with Crippen molar-refractivity contribution in [1.82, 2.24) is 0 Å². The van der Waals surface area contributed by atoms with Crippen LogP contribution in [0.2, 0.25) is 0 Å². The van der Waals surface area contributed by atoms with E-state index in [2.05, 4.69) is 4.74 Å². The molecule has 0 amide bonds. The second-order valence-electron chi connectivity index (χ2n) is 3.56. The van der Waals surface area contributed by atoms with E-state index in [-0.39, 0.29) is 11.3 Å². The average molecular weight is 276 g/mol. The van der Waals surface area contributed by atoms with Crippen LogP contribution in [0.5, 0.6) is 5.75 Å². The van der Waals surface area contributed by atoms with Crippen molar-refractivity contribution in [3.8, 4) is 5.75 Å². The van der Waals surface area contributed by atoms with E-state index < -0.39 is 35.7 Å². The Morgan fingerprint density at radius 2 is 2.16 bits per heavy atom. The van der Waals surface area contributed by atoms with Gasteiger partial charge in [-0.25, -0.2) is 0 Å². The van der Waals surface area contributed by atoms with Crippen molar-refractivity contribution in [2.75, 3.05) is 0 Å². The molecule has 3 N–H and O–H groups in total. The lowest BCUT2D eigenvalue weighted by molar-refractivity contribution is -0.385. The summed E-state index contributed by atoms with van der Waals surface area (Å²) in [5.74, 6) is -1.64. The third kappa shape index (κ3) is 4.14. The number of nitro benzene ring substituents is 1. The van der Waals surface area contributed by atoms with Gasteiger partial charge in [0.2, 0.25) is 0 Å². The Balaban J connectivity index is 3.16. The summed E-state index contributed by atoms with van der Waals surface area (Å²) >= 11 is 0. The molecule has 0 aliphatic carbocycles. The van der Waals surface area contributed by atoms with Crippen molar-refractivity contribution < 1.29 is 28.3 Å². The molecule has 0 saturated carbocycles. The molecule has 0 aliphatic rings. The van der Waals surface area contributed by atoms with Crippen LogP contribution in [-0.2, 0) is 4.79 Å². The van der Waals surface area contributed by atoms with E-state index >= 15 is 0 Å². The molecule has 0 radical (unpaired) electrons. The molecule has 0 bridgehead atoms. The largest absolute Gasteiger partial charge is 0.481 e. The highest BCUT2D eigenvalue weighted by Gasteiger charge is 2.21. The number of nitro groups is 1. The zero-order chi connectivity index (χ0) is 14.6. The molecule has 0 heterocycles. The van der Waals surface area contributed by atoms with Gasteiger partial charge in [0.25, 0.3) is 5.69 Å². The third-order valence-electron chi connectivity index (χ3n) is 2.21. The van der Waals surface area contributed by atoms with Gasteiger partial charge in [0.05, 0.1) is 11.3 Å². The standard InChI is InChI=1S/C10H10F2N2O5/c11-10(12)19-8-2-1-5(14(17)18)3-6(8)7(13)4-9(15)16/h1-3,7,10H,4,13H2,(H,15,16)/t7-/m1/s1. The fourth-order valence-electron chi connectivity index (χ4n) is 1.44. The maximum atomic E-state index is 12.2. The summed E-state index contributed by atoms with van der Waals surface area (Å²) in [5, 5.41) is 19.2. The summed E-state index contributed by atoms with van der Waals surface area (Å²) in [7, 11) is 0. The summed E-state index contributed by atoms with van der Waals surface area (Å²) < 4.78 is 28.5. The normalized spacial score (nSPS) is 12.2. The first kappa shape index (κ1) is 14.8. The first-order chi connectivity index (χ1) is 8.81. The van der Waals surface area contributed by atoms with E-state index in [1.165, 1.54) is 0 Å². The average Bonchev–Trinajstić information content (AvgIpc) is 2.27. The molecule has 19 heavy (non-hydrogen) atoms. The van der Waals surface area contributed by atoms with Gasteiger partial charge in [-0.2, -0.15) is 8.78 Å². The van der Waals surface area contributed by atoms with Crippen LogP contribution in [0.3, 0.4) is 0 Å². The second kappa shape index (κ2) is 6.05. The maximum absolute atomic E-state index is 12.2. The molecule has 1 aromatic carbocycles. The molecule has 0 aromatic heterocycles. The molecule has 0 saturated heterocycles. The third-order valence-corrected chi connectivity index (χ3v) is 2.21. The van der Waals surface area contributed by atoms with Gasteiger partial charge in [0.15, 0.2) is 0 Å². The van der Waals surface area contributed by atoms with Crippen molar-refractivity contribution in [3.63, 3.8) is 0 Å². The smallest absolute Gasteiger partial charge is 0.387 e. The van der Waals surface area contributed by atoms with Crippen LogP contribution in [0.1, 0.15) is 18.0 Å². The number of hydrogen-bond donors (Lipinski definition) is 2. The second-order valence-corrected chi connectivity index (χ2v) is 3.56. The molecule has 1 atom stereocenters. The van der Waals surface area contributed by atoms with Gasteiger partial charge in [0, 0.05) is 23.7 Å². The number of carbonyl (C=O) groups is 1. The van der Waals surface area contributed by atoms with E-state index in [0.29, 0.717) is 0 Å². The molecule has 9 heteroatoms. The fraction of sp³-hybridized carbons (Fsp3) is 0.300. The summed E-state index contributed by atoms with van der Waals surface area (Å²) in [6, 6.07) is 1.66. The SMILES string of the molecule is N[C@H](CC(=O)O)c1cc([N+](=O)[O-])ccc1OC(F)F. The van der Waals surface area contributed by atoms with E-state index in [9.17, 15) is 23.7 Å². The molecule has 0 spiro atoms. The molecule has 1 aromatic rings. The van der Waals surface area contributed by atoms with Gasteiger partial charge in [-0.05, 0) is 6.07 Å². The Bertz CT molecular complexity index is 495. The Morgan fingerprint density at radius 3 is 2.63 bits per heavy atom. The van der Waals surface area contributed by atoms with Crippen molar-refractivity contribution in [2.24, 2.45) is 5.73 Å². The molecular weight excluding hydrogens is 266 g/mol. The lowest BCUT2D eigenvalue weighted by Gasteiger charge is -2.14. The first-order valence-corrected chi connectivity index (χ1v) is 5.01. The highest BCUT2D eigenvalue weighted by Crippen LogP contribution is 2.30. The first-order valence-electron chi connectivity index (χ1n) is 5.01. The van der Waals surface area contributed by atoms with Crippen LogP contribution < -0.4 is 10.5 Å². The van der Waals surface area contributed by atoms with Crippen molar-refractivity contribution in [2.45, 2.75) is 19.1 Å². The lowest BCUT2D eigenvalue weighted by Crippen LogP contribution is -2.17. The minimum absolute atomic E-state index is 0.156. The topological polar surface area (TPSA) is 116 Å². The Morgan fingerprint density at radius 1 is 1.53 bits per heavy atom.